The Balaban J connectivity index is 1.71. The molecule has 0 aliphatic carbocycles. The van der Waals surface area contributed by atoms with E-state index >= 15 is 0 Å². The molecule has 110 valence electrons. The van der Waals surface area contributed by atoms with E-state index in [-0.39, 0.29) is 22.2 Å². The number of hydrogen-bond donors (Lipinski definition) is 0. The predicted molar refractivity (Wildman–Crippen MR) is 78.3 cm³/mol. The quantitative estimate of drug-likeness (QED) is 0.856. The first kappa shape index (κ1) is 14.3. The summed E-state index contributed by atoms with van der Waals surface area (Å²) in [7, 11) is -2.97. The zero-order valence-electron chi connectivity index (χ0n) is 11.7. The molecule has 2 atom stereocenters. The SMILES string of the molecule is N#Cc1cccc(CC(=O)C2CC3CCC(C2)S3(=O)=O)c1. The van der Waals surface area contributed by atoms with E-state index in [4.69, 9.17) is 5.26 Å². The van der Waals surface area contributed by atoms with Crippen LogP contribution < -0.4 is 0 Å². The number of hydrogen-bond acceptors (Lipinski definition) is 4. The number of rotatable bonds is 3. The highest BCUT2D eigenvalue weighted by Gasteiger charge is 2.48. The number of carbonyl (C=O) groups excluding carboxylic acids is 1. The van der Waals surface area contributed by atoms with Crippen LogP contribution >= 0.6 is 0 Å². The lowest BCUT2D eigenvalue weighted by Gasteiger charge is -2.27. The molecule has 2 unspecified atom stereocenters. The van der Waals surface area contributed by atoms with Crippen LogP contribution in [0.5, 0.6) is 0 Å². The summed E-state index contributed by atoms with van der Waals surface area (Å²) in [6.45, 7) is 0. The van der Waals surface area contributed by atoms with Crippen molar-refractivity contribution in [3.63, 3.8) is 0 Å². The summed E-state index contributed by atoms with van der Waals surface area (Å²) >= 11 is 0. The highest BCUT2D eigenvalue weighted by atomic mass is 32.2. The van der Waals surface area contributed by atoms with E-state index in [9.17, 15) is 13.2 Å². The Kier molecular flexibility index (Phi) is 3.58. The molecule has 21 heavy (non-hydrogen) atoms. The van der Waals surface area contributed by atoms with E-state index in [1.54, 1.807) is 18.2 Å². The minimum atomic E-state index is -2.97. The lowest BCUT2D eigenvalue weighted by atomic mass is 9.90. The van der Waals surface area contributed by atoms with Gasteiger partial charge in [0.2, 0.25) is 0 Å². The van der Waals surface area contributed by atoms with Gasteiger partial charge in [-0.1, -0.05) is 12.1 Å². The molecule has 2 bridgehead atoms. The number of fused-ring (bicyclic) bond motifs is 2. The van der Waals surface area contributed by atoms with Crippen molar-refractivity contribution in [2.75, 3.05) is 0 Å². The molecule has 2 aliphatic heterocycles. The van der Waals surface area contributed by atoms with E-state index in [0.717, 1.165) is 5.56 Å². The molecule has 0 radical (unpaired) electrons. The lowest BCUT2D eigenvalue weighted by Crippen LogP contribution is -2.36. The number of ketones is 1. The van der Waals surface area contributed by atoms with Crippen molar-refractivity contribution in [3.05, 3.63) is 35.4 Å². The molecule has 0 spiro atoms. The maximum absolute atomic E-state index is 12.4. The van der Waals surface area contributed by atoms with Crippen molar-refractivity contribution in [1.82, 2.24) is 0 Å². The summed E-state index contributed by atoms with van der Waals surface area (Å²) < 4.78 is 24.1. The molecule has 0 amide bonds. The van der Waals surface area contributed by atoms with Crippen LogP contribution in [0.15, 0.2) is 24.3 Å². The summed E-state index contributed by atoms with van der Waals surface area (Å²) in [5.74, 6) is -0.0337. The van der Waals surface area contributed by atoms with Crippen molar-refractivity contribution >= 4 is 15.6 Å². The van der Waals surface area contributed by atoms with Crippen molar-refractivity contribution in [2.45, 2.75) is 42.6 Å². The van der Waals surface area contributed by atoms with Gasteiger partial charge in [0, 0.05) is 12.3 Å². The van der Waals surface area contributed by atoms with Gasteiger partial charge in [-0.25, -0.2) is 8.42 Å². The van der Waals surface area contributed by atoms with Crippen LogP contribution in [0.2, 0.25) is 0 Å². The fourth-order valence-corrected chi connectivity index (χ4v) is 6.04. The summed E-state index contributed by atoms with van der Waals surface area (Å²) in [5.41, 5.74) is 1.38. The second-order valence-electron chi connectivity index (χ2n) is 6.03. The third-order valence-electron chi connectivity index (χ3n) is 4.72. The first-order chi connectivity index (χ1) is 10.0. The van der Waals surface area contributed by atoms with Gasteiger partial charge in [-0.05, 0) is 43.4 Å². The van der Waals surface area contributed by atoms with Gasteiger partial charge in [0.05, 0.1) is 22.1 Å². The molecule has 5 heteroatoms. The van der Waals surface area contributed by atoms with E-state index in [2.05, 4.69) is 6.07 Å². The van der Waals surface area contributed by atoms with Gasteiger partial charge in [0.15, 0.2) is 9.84 Å². The minimum absolute atomic E-state index is 0.108. The molecule has 1 aromatic rings. The molecule has 0 saturated carbocycles. The summed E-state index contributed by atoms with van der Waals surface area (Å²) in [6.07, 6.45) is 2.67. The van der Waals surface area contributed by atoms with Crippen LogP contribution in [0.4, 0.5) is 0 Å². The van der Waals surface area contributed by atoms with Crippen LogP contribution in [-0.2, 0) is 21.1 Å². The lowest BCUT2D eigenvalue weighted by molar-refractivity contribution is -0.122. The number of sulfone groups is 1. The molecule has 2 fully saturated rings. The van der Waals surface area contributed by atoms with Crippen molar-refractivity contribution in [3.8, 4) is 6.07 Å². The maximum atomic E-state index is 12.4. The van der Waals surface area contributed by atoms with E-state index < -0.39 is 9.84 Å². The van der Waals surface area contributed by atoms with Crippen molar-refractivity contribution < 1.29 is 13.2 Å². The molecular weight excluding hydrogens is 286 g/mol. The van der Waals surface area contributed by atoms with Gasteiger partial charge >= 0.3 is 0 Å². The van der Waals surface area contributed by atoms with Gasteiger partial charge < -0.3 is 0 Å². The molecule has 1 aromatic carbocycles. The monoisotopic (exact) mass is 303 g/mol. The Hall–Kier alpha value is -1.67. The Morgan fingerprint density at radius 3 is 2.52 bits per heavy atom. The normalized spacial score (nSPS) is 29.8. The second-order valence-corrected chi connectivity index (χ2v) is 8.55. The standard InChI is InChI=1S/C16H17NO3S/c17-10-12-3-1-2-11(6-12)7-16(18)13-8-14-4-5-15(9-13)21(14,19)20/h1-3,6,13-15H,4-5,7-9H2. The Bertz CT molecular complexity index is 697. The third-order valence-corrected chi connectivity index (χ3v) is 7.44. The van der Waals surface area contributed by atoms with Crippen molar-refractivity contribution in [2.24, 2.45) is 5.92 Å². The fraction of sp³-hybridized carbons (Fsp3) is 0.500. The molecule has 0 aromatic heterocycles. The Morgan fingerprint density at radius 2 is 1.90 bits per heavy atom. The fourth-order valence-electron chi connectivity index (χ4n) is 3.57. The molecular formula is C16H17NO3S. The molecule has 0 N–H and O–H groups in total. The number of carbonyl (C=O) groups is 1. The zero-order chi connectivity index (χ0) is 15.0. The molecule has 4 nitrogen and oxygen atoms in total. The van der Waals surface area contributed by atoms with E-state index in [0.29, 0.717) is 37.7 Å². The van der Waals surface area contributed by atoms with Crippen LogP contribution in [0.25, 0.3) is 0 Å². The van der Waals surface area contributed by atoms with Crippen molar-refractivity contribution in [1.29, 1.82) is 5.26 Å². The average Bonchev–Trinajstić information content (AvgIpc) is 2.67. The Labute approximate surface area is 124 Å². The van der Waals surface area contributed by atoms with Crippen LogP contribution in [0.3, 0.4) is 0 Å². The minimum Gasteiger partial charge on any atom is -0.299 e. The first-order valence-corrected chi connectivity index (χ1v) is 8.86. The number of benzene rings is 1. The first-order valence-electron chi connectivity index (χ1n) is 7.25. The molecule has 2 heterocycles. The molecule has 2 saturated heterocycles. The second kappa shape index (κ2) is 5.27. The maximum Gasteiger partial charge on any atom is 0.156 e. The van der Waals surface area contributed by atoms with E-state index in [1.165, 1.54) is 0 Å². The topological polar surface area (TPSA) is 75.0 Å². The van der Waals surface area contributed by atoms with Gasteiger partial charge in [0.25, 0.3) is 0 Å². The molecule has 3 rings (SSSR count). The van der Waals surface area contributed by atoms with Gasteiger partial charge in [-0.15, -0.1) is 0 Å². The van der Waals surface area contributed by atoms with Gasteiger partial charge in [-0.2, -0.15) is 5.26 Å². The number of nitriles is 1. The summed E-state index contributed by atoms with van der Waals surface area (Å²) in [4.78, 5) is 12.4. The van der Waals surface area contributed by atoms with Gasteiger partial charge in [-0.3, -0.25) is 4.79 Å². The highest BCUT2D eigenvalue weighted by molar-refractivity contribution is 7.93. The van der Waals surface area contributed by atoms with Crippen LogP contribution in [-0.4, -0.2) is 24.7 Å². The van der Waals surface area contributed by atoms with Gasteiger partial charge in [0.1, 0.15) is 5.78 Å². The average molecular weight is 303 g/mol. The Morgan fingerprint density at radius 1 is 1.24 bits per heavy atom. The van der Waals surface area contributed by atoms with E-state index in [1.807, 2.05) is 6.07 Å². The molecule has 2 aliphatic rings. The largest absolute Gasteiger partial charge is 0.299 e. The third kappa shape index (κ3) is 2.60. The summed E-state index contributed by atoms with van der Waals surface area (Å²) in [6, 6.07) is 9.12. The summed E-state index contributed by atoms with van der Waals surface area (Å²) in [5, 5.41) is 8.26. The number of Topliss-reactive ketones (excluding diaryl/α,β-unsaturated/α-hetero) is 1. The van der Waals surface area contributed by atoms with Crippen LogP contribution in [0.1, 0.15) is 36.8 Å². The number of nitrogens with zero attached hydrogens (tertiary/aromatic N) is 1. The van der Waals surface area contributed by atoms with Crippen LogP contribution in [0, 0.1) is 17.2 Å². The smallest absolute Gasteiger partial charge is 0.156 e. The zero-order valence-corrected chi connectivity index (χ0v) is 12.5. The predicted octanol–water partition coefficient (Wildman–Crippen LogP) is 2.03. The highest BCUT2D eigenvalue weighted by Crippen LogP contribution is 2.41.